The molecule has 26 heavy (non-hydrogen) atoms. The number of hydrogen-bond donors (Lipinski definition) is 1. The van der Waals surface area contributed by atoms with E-state index < -0.39 is 11.6 Å². The fourth-order valence-electron chi connectivity index (χ4n) is 2.83. The van der Waals surface area contributed by atoms with Gasteiger partial charge in [0.15, 0.2) is 5.65 Å². The lowest BCUT2D eigenvalue weighted by Crippen LogP contribution is -1.93. The highest BCUT2D eigenvalue weighted by Crippen LogP contribution is 2.29. The first-order valence-electron chi connectivity index (χ1n) is 7.88. The molecule has 0 radical (unpaired) electrons. The van der Waals surface area contributed by atoms with Crippen molar-refractivity contribution in [3.05, 3.63) is 59.9 Å². The number of pyridine rings is 1. The molecule has 3 heterocycles. The van der Waals surface area contributed by atoms with Crippen LogP contribution in [0.3, 0.4) is 0 Å². The number of nitrogens with one attached hydrogen (secondary N) is 1. The van der Waals surface area contributed by atoms with Crippen LogP contribution in [0.15, 0.2) is 42.7 Å². The third-order valence-electron chi connectivity index (χ3n) is 4.14. The second-order valence-electron chi connectivity index (χ2n) is 5.81. The van der Waals surface area contributed by atoms with E-state index in [9.17, 15) is 8.78 Å². The van der Waals surface area contributed by atoms with Gasteiger partial charge in [-0.2, -0.15) is 0 Å². The fraction of sp³-hybridized carbons (Fsp3) is 0.105. The topological polar surface area (TPSA) is 63.7 Å². The lowest BCUT2D eigenvalue weighted by Gasteiger charge is -2.06. The van der Waals surface area contributed by atoms with E-state index in [2.05, 4.69) is 19.9 Å². The molecular weight excluding hydrogens is 338 g/mol. The van der Waals surface area contributed by atoms with Crippen molar-refractivity contribution < 1.29 is 13.5 Å². The van der Waals surface area contributed by atoms with Gasteiger partial charge in [-0.15, -0.1) is 0 Å². The zero-order valence-corrected chi connectivity index (χ0v) is 14.0. The largest absolute Gasteiger partial charge is 0.481 e. The summed E-state index contributed by atoms with van der Waals surface area (Å²) in [6, 6.07) is 7.13. The Morgan fingerprint density at radius 2 is 1.81 bits per heavy atom. The van der Waals surface area contributed by atoms with Gasteiger partial charge in [0.2, 0.25) is 5.88 Å². The molecule has 0 saturated heterocycles. The number of halogens is 2. The van der Waals surface area contributed by atoms with Gasteiger partial charge in [-0.25, -0.2) is 23.7 Å². The van der Waals surface area contributed by atoms with Gasteiger partial charge in [-0.05, 0) is 30.7 Å². The van der Waals surface area contributed by atoms with Gasteiger partial charge >= 0.3 is 0 Å². The Morgan fingerprint density at radius 1 is 1.04 bits per heavy atom. The third-order valence-corrected chi connectivity index (χ3v) is 4.14. The number of ether oxygens (including phenoxy) is 1. The Morgan fingerprint density at radius 3 is 2.50 bits per heavy atom. The predicted molar refractivity (Wildman–Crippen MR) is 93.8 cm³/mol. The molecule has 0 saturated carbocycles. The Labute approximate surface area is 147 Å². The summed E-state index contributed by atoms with van der Waals surface area (Å²) >= 11 is 0. The molecule has 3 aromatic heterocycles. The first kappa shape index (κ1) is 16.1. The molecule has 0 bridgehead atoms. The number of H-pyrrole nitrogens is 1. The first-order valence-corrected chi connectivity index (χ1v) is 7.88. The predicted octanol–water partition coefficient (Wildman–Crippen LogP) is 4.28. The summed E-state index contributed by atoms with van der Waals surface area (Å²) in [5.74, 6) is -0.779. The Kier molecular flexibility index (Phi) is 3.84. The molecule has 0 fully saturated rings. The van der Waals surface area contributed by atoms with Crippen LogP contribution in [0.1, 0.15) is 5.56 Å². The highest BCUT2D eigenvalue weighted by atomic mass is 19.1. The lowest BCUT2D eigenvalue weighted by molar-refractivity contribution is 0.397. The van der Waals surface area contributed by atoms with Crippen molar-refractivity contribution >= 4 is 11.2 Å². The van der Waals surface area contributed by atoms with Crippen molar-refractivity contribution in [1.82, 2.24) is 19.9 Å². The Hall–Kier alpha value is -3.35. The number of methoxy groups -OCH3 is 1. The van der Waals surface area contributed by atoms with Crippen LogP contribution in [-0.2, 0) is 0 Å². The van der Waals surface area contributed by atoms with Gasteiger partial charge in [-0.3, -0.25) is 0 Å². The average molecular weight is 352 g/mol. The quantitative estimate of drug-likeness (QED) is 0.598. The molecule has 4 rings (SSSR count). The smallest absolute Gasteiger partial charge is 0.213 e. The zero-order valence-electron chi connectivity index (χ0n) is 14.0. The minimum Gasteiger partial charge on any atom is -0.481 e. The molecule has 1 N–H and O–H groups in total. The van der Waals surface area contributed by atoms with Gasteiger partial charge in [0.05, 0.1) is 30.3 Å². The summed E-state index contributed by atoms with van der Waals surface area (Å²) < 4.78 is 33.1. The third kappa shape index (κ3) is 2.67. The summed E-state index contributed by atoms with van der Waals surface area (Å²) in [4.78, 5) is 16.0. The van der Waals surface area contributed by atoms with Crippen molar-refractivity contribution in [1.29, 1.82) is 0 Å². The van der Waals surface area contributed by atoms with Crippen LogP contribution in [0, 0.1) is 18.6 Å². The minimum atomic E-state index is -0.646. The molecule has 0 aliphatic carbocycles. The molecule has 0 unspecified atom stereocenters. The number of nitrogens with zero attached hydrogens (tertiary/aromatic N) is 3. The van der Waals surface area contributed by atoms with Crippen LogP contribution < -0.4 is 4.74 Å². The summed E-state index contributed by atoms with van der Waals surface area (Å²) in [5.41, 5.74) is 3.47. The minimum absolute atomic E-state index is 0.129. The molecule has 1 aromatic carbocycles. The van der Waals surface area contributed by atoms with Crippen LogP contribution in [-0.4, -0.2) is 27.0 Å². The average Bonchev–Trinajstić information content (AvgIpc) is 3.04. The highest BCUT2D eigenvalue weighted by Gasteiger charge is 2.15. The van der Waals surface area contributed by atoms with Crippen LogP contribution in [0.25, 0.3) is 33.7 Å². The summed E-state index contributed by atoms with van der Waals surface area (Å²) in [6.07, 6.45) is 3.25. The van der Waals surface area contributed by atoms with Crippen LogP contribution in [0.4, 0.5) is 8.78 Å². The number of aromatic amines is 1. The summed E-state index contributed by atoms with van der Waals surface area (Å²) in [7, 11) is 1.55. The molecule has 4 aromatic rings. The number of fused-ring (bicyclic) bond motifs is 1. The van der Waals surface area contributed by atoms with E-state index in [1.54, 1.807) is 31.6 Å². The molecule has 0 atom stereocenters. The first-order chi connectivity index (χ1) is 12.6. The summed E-state index contributed by atoms with van der Waals surface area (Å²) in [6.45, 7) is 1.92. The van der Waals surface area contributed by atoms with Crippen molar-refractivity contribution in [2.45, 2.75) is 6.92 Å². The number of aromatic nitrogens is 4. The monoisotopic (exact) mass is 352 g/mol. The number of hydrogen-bond acceptors (Lipinski definition) is 4. The van der Waals surface area contributed by atoms with Crippen molar-refractivity contribution in [3.8, 4) is 28.4 Å². The van der Waals surface area contributed by atoms with E-state index in [1.807, 2.05) is 6.92 Å². The normalized spacial score (nSPS) is 11.1. The van der Waals surface area contributed by atoms with E-state index in [1.165, 1.54) is 18.2 Å². The number of aryl methyl sites for hydroxylation is 1. The van der Waals surface area contributed by atoms with Crippen molar-refractivity contribution in [2.24, 2.45) is 0 Å². The molecule has 7 heteroatoms. The van der Waals surface area contributed by atoms with E-state index in [0.29, 0.717) is 22.7 Å². The van der Waals surface area contributed by atoms with E-state index in [0.717, 1.165) is 11.1 Å². The molecular formula is C19H14F2N4O. The molecule has 0 amide bonds. The van der Waals surface area contributed by atoms with Gasteiger partial charge in [0.25, 0.3) is 0 Å². The molecule has 130 valence electrons. The fourth-order valence-corrected chi connectivity index (χ4v) is 2.83. The zero-order chi connectivity index (χ0) is 18.3. The summed E-state index contributed by atoms with van der Waals surface area (Å²) in [5, 5.41) is 0. The maximum absolute atomic E-state index is 14.0. The highest BCUT2D eigenvalue weighted by molar-refractivity contribution is 5.82. The maximum atomic E-state index is 14.0. The maximum Gasteiger partial charge on any atom is 0.213 e. The van der Waals surface area contributed by atoms with E-state index in [4.69, 9.17) is 4.74 Å². The van der Waals surface area contributed by atoms with Crippen molar-refractivity contribution in [2.75, 3.05) is 7.11 Å². The number of benzene rings is 1. The number of rotatable bonds is 3. The molecule has 0 aliphatic heterocycles. The second kappa shape index (κ2) is 6.18. The van der Waals surface area contributed by atoms with E-state index >= 15 is 0 Å². The molecule has 0 aliphatic rings. The lowest BCUT2D eigenvalue weighted by atomic mass is 10.1. The molecule has 5 nitrogen and oxygen atoms in total. The SMILES string of the molecule is COc1cc(C)c(-c2cnc3[nH]c(-c4c(F)cccc4F)cc3n2)cn1. The standard InChI is InChI=1S/C19H14F2N4O/c1-10-6-17(26-2)22-8-11(10)16-9-23-19-15(24-16)7-14(25-19)18-12(20)4-3-5-13(18)21/h3-9H,1-2H3,(H,23,25). The van der Waals surface area contributed by atoms with Crippen LogP contribution >= 0.6 is 0 Å². The van der Waals surface area contributed by atoms with Gasteiger partial charge in [0, 0.05) is 17.8 Å². The van der Waals surface area contributed by atoms with Crippen LogP contribution in [0.5, 0.6) is 5.88 Å². The second-order valence-corrected chi connectivity index (χ2v) is 5.81. The van der Waals surface area contributed by atoms with E-state index in [-0.39, 0.29) is 11.3 Å². The molecule has 0 spiro atoms. The Bertz CT molecular complexity index is 1100. The van der Waals surface area contributed by atoms with Crippen LogP contribution in [0.2, 0.25) is 0 Å². The Balaban J connectivity index is 1.82. The van der Waals surface area contributed by atoms with Gasteiger partial charge in [-0.1, -0.05) is 6.07 Å². The van der Waals surface area contributed by atoms with Gasteiger partial charge < -0.3 is 9.72 Å². The van der Waals surface area contributed by atoms with Gasteiger partial charge in [0.1, 0.15) is 17.2 Å². The van der Waals surface area contributed by atoms with Crippen molar-refractivity contribution in [3.63, 3.8) is 0 Å².